The Kier molecular flexibility index (Phi) is 3.33. The van der Waals surface area contributed by atoms with Crippen molar-refractivity contribution in [1.29, 1.82) is 5.26 Å². The molecule has 98 valence electrons. The van der Waals surface area contributed by atoms with Gasteiger partial charge in [0.25, 0.3) is 0 Å². The summed E-state index contributed by atoms with van der Waals surface area (Å²) in [4.78, 5) is 0. The first kappa shape index (κ1) is 12.8. The van der Waals surface area contributed by atoms with Gasteiger partial charge in [0.2, 0.25) is 0 Å². The number of alkyl halides is 3. The third-order valence-electron chi connectivity index (χ3n) is 2.29. The van der Waals surface area contributed by atoms with Crippen LogP contribution in [0.15, 0.2) is 18.2 Å². The van der Waals surface area contributed by atoms with Crippen LogP contribution in [-0.2, 0) is 12.7 Å². The van der Waals surface area contributed by atoms with Crippen molar-refractivity contribution < 1.29 is 13.2 Å². The van der Waals surface area contributed by atoms with Crippen LogP contribution >= 0.6 is 0 Å². The maximum absolute atomic E-state index is 12.5. The van der Waals surface area contributed by atoms with Crippen LogP contribution < -0.4 is 5.32 Å². The van der Waals surface area contributed by atoms with E-state index in [0.717, 1.165) is 12.1 Å². The lowest BCUT2D eigenvalue weighted by molar-refractivity contribution is -0.137. The summed E-state index contributed by atoms with van der Waals surface area (Å²) in [5, 5.41) is 24.5. The second-order valence-electron chi connectivity index (χ2n) is 3.55. The van der Waals surface area contributed by atoms with E-state index in [-0.39, 0.29) is 17.8 Å². The fourth-order valence-corrected chi connectivity index (χ4v) is 1.40. The summed E-state index contributed by atoms with van der Waals surface area (Å²) in [5.74, 6) is 0.337. The molecule has 19 heavy (non-hydrogen) atoms. The third kappa shape index (κ3) is 2.98. The summed E-state index contributed by atoms with van der Waals surface area (Å²) in [6.07, 6.45) is -4.47. The molecular weight excluding hydrogens is 261 g/mol. The topological polar surface area (TPSA) is 90.3 Å². The Balaban J connectivity index is 2.20. The van der Waals surface area contributed by atoms with Crippen molar-refractivity contribution in [2.75, 3.05) is 5.32 Å². The third-order valence-corrected chi connectivity index (χ3v) is 2.29. The van der Waals surface area contributed by atoms with Crippen molar-refractivity contribution in [3.05, 3.63) is 35.2 Å². The number of nitriles is 1. The summed E-state index contributed by atoms with van der Waals surface area (Å²) in [7, 11) is 0. The number of aromatic nitrogens is 4. The van der Waals surface area contributed by atoms with Gasteiger partial charge in [-0.15, -0.1) is 10.2 Å². The number of anilines is 1. The van der Waals surface area contributed by atoms with Crippen molar-refractivity contribution in [2.24, 2.45) is 0 Å². The molecule has 0 saturated carbocycles. The summed E-state index contributed by atoms with van der Waals surface area (Å²) < 4.78 is 37.4. The van der Waals surface area contributed by atoms with Gasteiger partial charge in [0.05, 0.1) is 23.4 Å². The number of benzene rings is 1. The predicted octanol–water partition coefficient (Wildman–Crippen LogP) is 1.70. The SMILES string of the molecule is N#Cc1cc(C(F)(F)F)ccc1NCc1nn[nH]n1. The van der Waals surface area contributed by atoms with E-state index in [1.54, 1.807) is 6.07 Å². The van der Waals surface area contributed by atoms with Crippen molar-refractivity contribution in [2.45, 2.75) is 12.7 Å². The lowest BCUT2D eigenvalue weighted by Gasteiger charge is -2.10. The summed E-state index contributed by atoms with van der Waals surface area (Å²) in [6, 6.07) is 4.60. The first-order chi connectivity index (χ1) is 9.00. The van der Waals surface area contributed by atoms with Crippen LogP contribution in [0, 0.1) is 11.3 Å². The number of rotatable bonds is 3. The Morgan fingerprint density at radius 3 is 2.74 bits per heavy atom. The van der Waals surface area contributed by atoms with Crippen molar-refractivity contribution in [1.82, 2.24) is 20.6 Å². The molecule has 0 aliphatic heterocycles. The van der Waals surface area contributed by atoms with Crippen molar-refractivity contribution in [3.8, 4) is 6.07 Å². The van der Waals surface area contributed by atoms with E-state index in [4.69, 9.17) is 5.26 Å². The standard InChI is InChI=1S/C10H7F3N6/c11-10(12,13)7-1-2-8(6(3-7)4-14)15-5-9-16-18-19-17-9/h1-3,15H,5H2,(H,16,17,18,19). The van der Waals surface area contributed by atoms with Gasteiger partial charge in [0.1, 0.15) is 6.07 Å². The zero-order valence-corrected chi connectivity index (χ0v) is 9.36. The Bertz CT molecular complexity index is 599. The van der Waals surface area contributed by atoms with Gasteiger partial charge in [-0.3, -0.25) is 0 Å². The lowest BCUT2D eigenvalue weighted by Crippen LogP contribution is -2.07. The number of H-pyrrole nitrogens is 1. The van der Waals surface area contributed by atoms with E-state index in [1.165, 1.54) is 6.07 Å². The maximum atomic E-state index is 12.5. The normalized spacial score (nSPS) is 11.1. The van der Waals surface area contributed by atoms with Gasteiger partial charge in [-0.05, 0) is 18.2 Å². The fourth-order valence-electron chi connectivity index (χ4n) is 1.40. The van der Waals surface area contributed by atoms with Gasteiger partial charge in [0.15, 0.2) is 5.82 Å². The molecule has 0 amide bonds. The van der Waals surface area contributed by atoms with E-state index >= 15 is 0 Å². The molecule has 1 aromatic carbocycles. The average molecular weight is 268 g/mol. The first-order valence-corrected chi connectivity index (χ1v) is 5.08. The molecule has 0 aliphatic rings. The van der Waals surface area contributed by atoms with Crippen LogP contribution in [0.1, 0.15) is 17.0 Å². The van der Waals surface area contributed by atoms with Crippen LogP contribution in [0.25, 0.3) is 0 Å². The van der Waals surface area contributed by atoms with Crippen LogP contribution in [0.2, 0.25) is 0 Å². The van der Waals surface area contributed by atoms with E-state index in [1.807, 2.05) is 0 Å². The van der Waals surface area contributed by atoms with Gasteiger partial charge in [-0.2, -0.15) is 23.6 Å². The quantitative estimate of drug-likeness (QED) is 0.884. The molecular formula is C10H7F3N6. The second kappa shape index (κ2) is 4.93. The molecule has 0 bridgehead atoms. The molecule has 0 spiro atoms. The van der Waals surface area contributed by atoms with Gasteiger partial charge < -0.3 is 5.32 Å². The molecule has 6 nitrogen and oxygen atoms in total. The highest BCUT2D eigenvalue weighted by atomic mass is 19.4. The van der Waals surface area contributed by atoms with Crippen molar-refractivity contribution >= 4 is 5.69 Å². The molecule has 0 fully saturated rings. The smallest absolute Gasteiger partial charge is 0.377 e. The molecule has 2 aromatic rings. The van der Waals surface area contributed by atoms with Gasteiger partial charge in [-0.1, -0.05) is 5.21 Å². The Morgan fingerprint density at radius 1 is 1.37 bits per heavy atom. The number of hydrogen-bond acceptors (Lipinski definition) is 5. The largest absolute Gasteiger partial charge is 0.416 e. The van der Waals surface area contributed by atoms with Crippen LogP contribution in [0.3, 0.4) is 0 Å². The molecule has 2 N–H and O–H groups in total. The van der Waals surface area contributed by atoms with Crippen LogP contribution in [0.4, 0.5) is 18.9 Å². The molecule has 0 unspecified atom stereocenters. The van der Waals surface area contributed by atoms with Crippen LogP contribution in [0.5, 0.6) is 0 Å². The van der Waals surface area contributed by atoms with Crippen LogP contribution in [-0.4, -0.2) is 20.6 Å². The first-order valence-electron chi connectivity index (χ1n) is 5.08. The van der Waals surface area contributed by atoms with E-state index in [9.17, 15) is 13.2 Å². The van der Waals surface area contributed by atoms with Gasteiger partial charge in [-0.25, -0.2) is 0 Å². The lowest BCUT2D eigenvalue weighted by atomic mass is 10.1. The maximum Gasteiger partial charge on any atom is 0.416 e. The molecule has 0 atom stereocenters. The predicted molar refractivity (Wildman–Crippen MR) is 57.7 cm³/mol. The average Bonchev–Trinajstić information content (AvgIpc) is 2.88. The molecule has 0 aliphatic carbocycles. The van der Waals surface area contributed by atoms with E-state index in [0.29, 0.717) is 5.82 Å². The summed E-state index contributed by atoms with van der Waals surface area (Å²) in [6.45, 7) is 0.149. The minimum atomic E-state index is -4.47. The monoisotopic (exact) mass is 268 g/mol. The Hall–Kier alpha value is -2.63. The molecule has 1 aromatic heterocycles. The molecule has 0 saturated heterocycles. The van der Waals surface area contributed by atoms with Gasteiger partial charge in [0, 0.05) is 0 Å². The number of halogens is 3. The van der Waals surface area contributed by atoms with E-state index in [2.05, 4.69) is 25.9 Å². The minimum Gasteiger partial charge on any atom is -0.377 e. The molecule has 0 radical (unpaired) electrons. The van der Waals surface area contributed by atoms with Gasteiger partial charge >= 0.3 is 6.18 Å². The number of aromatic amines is 1. The Labute approximate surface area is 105 Å². The number of hydrogen-bond donors (Lipinski definition) is 2. The molecule has 9 heteroatoms. The second-order valence-corrected chi connectivity index (χ2v) is 3.55. The zero-order chi connectivity index (χ0) is 13.9. The summed E-state index contributed by atoms with van der Waals surface area (Å²) >= 11 is 0. The van der Waals surface area contributed by atoms with E-state index < -0.39 is 11.7 Å². The zero-order valence-electron chi connectivity index (χ0n) is 9.36. The molecule has 2 rings (SSSR count). The minimum absolute atomic E-state index is 0.0988. The Morgan fingerprint density at radius 2 is 2.16 bits per heavy atom. The number of tetrazole rings is 1. The summed E-state index contributed by atoms with van der Waals surface area (Å²) in [5.41, 5.74) is -0.687. The number of nitrogens with one attached hydrogen (secondary N) is 2. The highest BCUT2D eigenvalue weighted by molar-refractivity contribution is 5.58. The highest BCUT2D eigenvalue weighted by Gasteiger charge is 2.31. The van der Waals surface area contributed by atoms with Crippen molar-refractivity contribution in [3.63, 3.8) is 0 Å². The number of nitrogens with zero attached hydrogens (tertiary/aromatic N) is 4. The fraction of sp³-hybridized carbons (Fsp3) is 0.200. The highest BCUT2D eigenvalue weighted by Crippen LogP contribution is 2.31. The molecule has 1 heterocycles.